The van der Waals surface area contributed by atoms with Crippen molar-refractivity contribution >= 4 is 0 Å². The smallest absolute Gasteiger partial charge is 0.0205 e. The first-order chi connectivity index (χ1) is 25.1. The van der Waals surface area contributed by atoms with Gasteiger partial charge in [-0.3, -0.25) is 0 Å². The Bertz CT molecular complexity index is 1270. The molecule has 0 saturated heterocycles. The number of hydrogen-bond donors (Lipinski definition) is 6. The largest absolute Gasteiger partial charge is 0.317 e. The maximum Gasteiger partial charge on any atom is 0.0205 e. The van der Waals surface area contributed by atoms with Crippen molar-refractivity contribution in [3.63, 3.8) is 0 Å². The van der Waals surface area contributed by atoms with Crippen LogP contribution in [0.5, 0.6) is 0 Å². The van der Waals surface area contributed by atoms with E-state index in [0.717, 1.165) is 103 Å². The second kappa shape index (κ2) is 25.4. The first-order valence-corrected chi connectivity index (χ1v) is 20.7. The standard InChI is InChI=1S/C46H76N6/c1-37(2)18-28-49-24-10-20-47-22-12-26-51-35-39-14-8-16-41(30-39)43-32-44(34-45(33-43)46(5,6)7)42-17-9-15-40(31-42)36-52-27-13-23-48-21-11-25-50-29-19-38(3)4/h8-9,14-17,30-34,37-38,47-52H,10-13,18-29,35-36H2,1-7H3. The van der Waals surface area contributed by atoms with Gasteiger partial charge in [-0.2, -0.15) is 0 Å². The summed E-state index contributed by atoms with van der Waals surface area (Å²) in [4.78, 5) is 0. The molecule has 3 aromatic rings. The molecule has 6 nitrogen and oxygen atoms in total. The van der Waals surface area contributed by atoms with E-state index in [9.17, 15) is 0 Å². The van der Waals surface area contributed by atoms with Gasteiger partial charge in [0, 0.05) is 13.1 Å². The van der Waals surface area contributed by atoms with Crippen molar-refractivity contribution in [2.24, 2.45) is 11.8 Å². The first kappa shape index (κ1) is 43.8. The van der Waals surface area contributed by atoms with Crippen LogP contribution >= 0.6 is 0 Å². The zero-order valence-electron chi connectivity index (χ0n) is 34.2. The molecule has 3 aromatic carbocycles. The van der Waals surface area contributed by atoms with E-state index in [2.05, 4.69) is 147 Å². The highest BCUT2D eigenvalue weighted by Crippen LogP contribution is 2.34. The summed E-state index contributed by atoms with van der Waals surface area (Å²) in [6.07, 6.45) is 7.18. The molecule has 6 heteroatoms. The number of benzene rings is 3. The van der Waals surface area contributed by atoms with E-state index < -0.39 is 0 Å². The van der Waals surface area contributed by atoms with Crippen molar-refractivity contribution < 1.29 is 0 Å². The lowest BCUT2D eigenvalue weighted by molar-refractivity contribution is 0.520. The highest BCUT2D eigenvalue weighted by molar-refractivity contribution is 5.75. The van der Waals surface area contributed by atoms with E-state index in [1.54, 1.807) is 0 Å². The molecule has 290 valence electrons. The molecule has 0 aromatic heterocycles. The summed E-state index contributed by atoms with van der Waals surface area (Å²) < 4.78 is 0. The lowest BCUT2D eigenvalue weighted by atomic mass is 9.83. The molecular formula is C46H76N6. The summed E-state index contributed by atoms with van der Waals surface area (Å²) in [6, 6.07) is 25.3. The van der Waals surface area contributed by atoms with Crippen molar-refractivity contribution in [2.45, 2.75) is 105 Å². The van der Waals surface area contributed by atoms with Gasteiger partial charge in [0.15, 0.2) is 0 Å². The van der Waals surface area contributed by atoms with Crippen LogP contribution in [0.2, 0.25) is 0 Å². The lowest BCUT2D eigenvalue weighted by Crippen LogP contribution is -2.25. The van der Waals surface area contributed by atoms with Crippen LogP contribution < -0.4 is 31.9 Å². The molecule has 52 heavy (non-hydrogen) atoms. The predicted octanol–water partition coefficient (Wildman–Crippen LogP) is 8.51. The summed E-state index contributed by atoms with van der Waals surface area (Å²) in [5, 5.41) is 21.6. The molecule has 0 bridgehead atoms. The zero-order valence-corrected chi connectivity index (χ0v) is 34.2. The molecule has 0 aliphatic carbocycles. The summed E-state index contributed by atoms with van der Waals surface area (Å²) in [6.45, 7) is 28.7. The Hall–Kier alpha value is -2.58. The van der Waals surface area contributed by atoms with Crippen molar-refractivity contribution in [1.29, 1.82) is 0 Å². The van der Waals surface area contributed by atoms with Gasteiger partial charge >= 0.3 is 0 Å². The van der Waals surface area contributed by atoms with Crippen LogP contribution in [0.1, 0.15) is 104 Å². The van der Waals surface area contributed by atoms with E-state index in [1.807, 2.05) is 0 Å². The minimum atomic E-state index is 0.0553. The van der Waals surface area contributed by atoms with Crippen molar-refractivity contribution in [2.75, 3.05) is 65.4 Å². The van der Waals surface area contributed by atoms with Crippen LogP contribution in [-0.4, -0.2) is 65.4 Å². The fourth-order valence-corrected chi connectivity index (χ4v) is 6.22. The SMILES string of the molecule is CC(C)CCNCCCNCCCNCc1cccc(-c2cc(-c3cccc(CNCCCNCCCNCCC(C)C)c3)cc(C(C)(C)C)c2)c1. The molecule has 0 spiro atoms. The third-order valence-corrected chi connectivity index (χ3v) is 9.60. The van der Waals surface area contributed by atoms with Crippen LogP contribution in [-0.2, 0) is 18.5 Å². The highest BCUT2D eigenvalue weighted by Gasteiger charge is 2.17. The number of nitrogens with one attached hydrogen (secondary N) is 6. The summed E-state index contributed by atoms with van der Waals surface area (Å²) in [7, 11) is 0. The van der Waals surface area contributed by atoms with Crippen LogP contribution in [0.4, 0.5) is 0 Å². The van der Waals surface area contributed by atoms with Gasteiger partial charge in [-0.05, 0) is 178 Å². The van der Waals surface area contributed by atoms with Crippen molar-refractivity contribution in [3.8, 4) is 22.3 Å². The van der Waals surface area contributed by atoms with E-state index >= 15 is 0 Å². The molecule has 0 radical (unpaired) electrons. The minimum absolute atomic E-state index is 0.0553. The molecule has 0 atom stereocenters. The summed E-state index contributed by atoms with van der Waals surface area (Å²) >= 11 is 0. The van der Waals surface area contributed by atoms with Crippen molar-refractivity contribution in [3.05, 3.63) is 83.4 Å². The van der Waals surface area contributed by atoms with Gasteiger partial charge in [-0.15, -0.1) is 0 Å². The van der Waals surface area contributed by atoms with Crippen LogP contribution in [0, 0.1) is 11.8 Å². The summed E-state index contributed by atoms with van der Waals surface area (Å²) in [5.74, 6) is 1.56. The fourth-order valence-electron chi connectivity index (χ4n) is 6.22. The quantitative estimate of drug-likeness (QED) is 0.0425. The zero-order chi connectivity index (χ0) is 37.4. The predicted molar refractivity (Wildman–Crippen MR) is 228 cm³/mol. The second-order valence-corrected chi connectivity index (χ2v) is 16.6. The van der Waals surface area contributed by atoms with Gasteiger partial charge in [0.25, 0.3) is 0 Å². The monoisotopic (exact) mass is 713 g/mol. The lowest BCUT2D eigenvalue weighted by Gasteiger charge is -2.22. The van der Waals surface area contributed by atoms with E-state index in [-0.39, 0.29) is 5.41 Å². The van der Waals surface area contributed by atoms with Gasteiger partial charge in [0.1, 0.15) is 0 Å². The van der Waals surface area contributed by atoms with Gasteiger partial charge < -0.3 is 31.9 Å². The topological polar surface area (TPSA) is 72.2 Å². The maximum absolute atomic E-state index is 3.67. The van der Waals surface area contributed by atoms with Gasteiger partial charge in [0.05, 0.1) is 0 Å². The fraction of sp³-hybridized carbons (Fsp3) is 0.609. The van der Waals surface area contributed by atoms with Gasteiger partial charge in [-0.1, -0.05) is 97.0 Å². The normalized spacial score (nSPS) is 12.0. The molecule has 0 heterocycles. The molecule has 6 N–H and O–H groups in total. The first-order valence-electron chi connectivity index (χ1n) is 20.7. The number of rotatable bonds is 28. The van der Waals surface area contributed by atoms with E-state index in [1.165, 1.54) is 64.6 Å². The maximum atomic E-state index is 3.67. The molecule has 0 aliphatic rings. The second-order valence-electron chi connectivity index (χ2n) is 16.6. The average Bonchev–Trinajstić information content (AvgIpc) is 3.12. The van der Waals surface area contributed by atoms with Crippen LogP contribution in [0.25, 0.3) is 22.3 Å². The minimum Gasteiger partial charge on any atom is -0.317 e. The van der Waals surface area contributed by atoms with E-state index in [0.29, 0.717) is 0 Å². The number of hydrogen-bond acceptors (Lipinski definition) is 6. The third kappa shape index (κ3) is 19.0. The Morgan fingerprint density at radius 3 is 1.15 bits per heavy atom. The third-order valence-electron chi connectivity index (χ3n) is 9.60. The molecule has 0 aliphatic heterocycles. The van der Waals surface area contributed by atoms with Gasteiger partial charge in [0.2, 0.25) is 0 Å². The van der Waals surface area contributed by atoms with E-state index in [4.69, 9.17) is 0 Å². The average molecular weight is 713 g/mol. The molecule has 0 saturated carbocycles. The van der Waals surface area contributed by atoms with Crippen LogP contribution in [0.15, 0.2) is 66.7 Å². The molecule has 0 fully saturated rings. The Kier molecular flexibility index (Phi) is 21.4. The van der Waals surface area contributed by atoms with Crippen molar-refractivity contribution in [1.82, 2.24) is 31.9 Å². The Morgan fingerprint density at radius 1 is 0.423 bits per heavy atom. The summed E-state index contributed by atoms with van der Waals surface area (Å²) in [5.41, 5.74) is 9.22. The molecule has 0 amide bonds. The molecular weight excluding hydrogens is 637 g/mol. The Balaban J connectivity index is 1.46. The molecule has 3 rings (SSSR count). The van der Waals surface area contributed by atoms with Crippen LogP contribution in [0.3, 0.4) is 0 Å². The molecule has 0 unspecified atom stereocenters. The van der Waals surface area contributed by atoms with Gasteiger partial charge in [-0.25, -0.2) is 0 Å². The highest BCUT2D eigenvalue weighted by atomic mass is 14.9. The Morgan fingerprint density at radius 2 is 0.788 bits per heavy atom. The Labute approximate surface area is 319 Å².